The van der Waals surface area contributed by atoms with Gasteiger partial charge in [-0.3, -0.25) is 0 Å². The molecule has 0 unspecified atom stereocenters. The van der Waals surface area contributed by atoms with E-state index in [9.17, 15) is 0 Å². The molecule has 0 amide bonds. The minimum atomic E-state index is 0.718. The summed E-state index contributed by atoms with van der Waals surface area (Å²) >= 11 is 6.12. The van der Waals surface area contributed by atoms with Gasteiger partial charge in [-0.05, 0) is 35.4 Å². The highest BCUT2D eigenvalue weighted by molar-refractivity contribution is 6.31. The Morgan fingerprint density at radius 3 is 2.58 bits per heavy atom. The van der Waals surface area contributed by atoms with Crippen LogP contribution in [-0.2, 0) is 0 Å². The highest BCUT2D eigenvalue weighted by Gasteiger charge is 2.09. The molecule has 0 atom stereocenters. The highest BCUT2D eigenvalue weighted by Crippen LogP contribution is 2.36. The summed E-state index contributed by atoms with van der Waals surface area (Å²) in [7, 11) is 0. The van der Waals surface area contributed by atoms with Crippen molar-refractivity contribution >= 4 is 33.1 Å². The van der Waals surface area contributed by atoms with Crippen LogP contribution in [0.1, 0.15) is 13.3 Å². The van der Waals surface area contributed by atoms with Gasteiger partial charge in [0.05, 0.1) is 6.61 Å². The molecule has 19 heavy (non-hydrogen) atoms. The average molecular weight is 271 g/mol. The maximum atomic E-state index is 6.12. The number of hydrogen-bond donors (Lipinski definition) is 0. The van der Waals surface area contributed by atoms with Crippen LogP contribution in [0.3, 0.4) is 0 Å². The summed E-state index contributed by atoms with van der Waals surface area (Å²) in [5.74, 6) is 0.942. The van der Waals surface area contributed by atoms with Gasteiger partial charge in [0.25, 0.3) is 0 Å². The first kappa shape index (κ1) is 12.3. The van der Waals surface area contributed by atoms with Crippen LogP contribution in [0.15, 0.2) is 48.5 Å². The van der Waals surface area contributed by atoms with E-state index in [1.54, 1.807) is 0 Å². The molecule has 0 saturated carbocycles. The summed E-state index contributed by atoms with van der Waals surface area (Å²) in [6.07, 6.45) is 0.991. The largest absolute Gasteiger partial charge is 0.492 e. The van der Waals surface area contributed by atoms with E-state index in [2.05, 4.69) is 25.1 Å². The third kappa shape index (κ3) is 2.26. The summed E-state index contributed by atoms with van der Waals surface area (Å²) in [4.78, 5) is 0. The molecular formula is C17H15ClO. The van der Waals surface area contributed by atoms with Crippen LogP contribution in [0.2, 0.25) is 5.02 Å². The molecule has 0 spiro atoms. The van der Waals surface area contributed by atoms with E-state index in [0.29, 0.717) is 0 Å². The second-order valence-electron chi connectivity index (χ2n) is 4.64. The second-order valence-corrected chi connectivity index (χ2v) is 5.08. The van der Waals surface area contributed by atoms with Crippen molar-refractivity contribution in [2.45, 2.75) is 13.3 Å². The number of fused-ring (bicyclic) bond motifs is 2. The smallest absolute Gasteiger partial charge is 0.134 e. The number of halogens is 1. The molecule has 3 aromatic carbocycles. The first-order chi connectivity index (χ1) is 9.29. The zero-order valence-corrected chi connectivity index (χ0v) is 11.6. The minimum absolute atomic E-state index is 0.718. The van der Waals surface area contributed by atoms with Crippen LogP contribution >= 0.6 is 11.6 Å². The number of rotatable bonds is 3. The van der Waals surface area contributed by atoms with Crippen LogP contribution in [0.25, 0.3) is 21.5 Å². The molecule has 0 radical (unpaired) electrons. The molecule has 0 N–H and O–H groups in total. The third-order valence-corrected chi connectivity index (χ3v) is 3.46. The zero-order chi connectivity index (χ0) is 13.2. The summed E-state index contributed by atoms with van der Waals surface area (Å²) in [6.45, 7) is 2.83. The van der Waals surface area contributed by atoms with Crippen molar-refractivity contribution in [3.8, 4) is 5.75 Å². The monoisotopic (exact) mass is 270 g/mol. The quantitative estimate of drug-likeness (QED) is 0.576. The maximum absolute atomic E-state index is 6.12. The van der Waals surface area contributed by atoms with Crippen molar-refractivity contribution in [2.24, 2.45) is 0 Å². The van der Waals surface area contributed by atoms with Gasteiger partial charge in [-0.1, -0.05) is 48.9 Å². The molecule has 3 rings (SSSR count). The summed E-state index contributed by atoms with van der Waals surface area (Å²) in [5.41, 5.74) is 0. The minimum Gasteiger partial charge on any atom is -0.492 e. The molecule has 0 fully saturated rings. The van der Waals surface area contributed by atoms with Gasteiger partial charge in [-0.25, -0.2) is 0 Å². The van der Waals surface area contributed by atoms with Crippen LogP contribution in [0.4, 0.5) is 0 Å². The van der Waals surface area contributed by atoms with Crippen molar-refractivity contribution < 1.29 is 4.74 Å². The fraction of sp³-hybridized carbons (Fsp3) is 0.176. The zero-order valence-electron chi connectivity index (χ0n) is 10.8. The van der Waals surface area contributed by atoms with E-state index < -0.39 is 0 Å². The molecule has 0 aliphatic carbocycles. The van der Waals surface area contributed by atoms with E-state index in [0.717, 1.165) is 40.0 Å². The van der Waals surface area contributed by atoms with E-state index in [1.165, 1.54) is 5.39 Å². The van der Waals surface area contributed by atoms with E-state index >= 15 is 0 Å². The second kappa shape index (κ2) is 5.10. The molecule has 1 nitrogen and oxygen atoms in total. The molecule has 0 aliphatic rings. The Kier molecular flexibility index (Phi) is 3.31. The Labute approximate surface area is 117 Å². The van der Waals surface area contributed by atoms with Crippen LogP contribution in [0, 0.1) is 0 Å². The molecule has 0 aromatic heterocycles. The number of hydrogen-bond acceptors (Lipinski definition) is 1. The van der Waals surface area contributed by atoms with Gasteiger partial charge >= 0.3 is 0 Å². The maximum Gasteiger partial charge on any atom is 0.134 e. The standard InChI is InChI=1S/C17H15ClO/c1-2-9-19-17-15-6-4-3-5-12(15)10-13-7-8-14(18)11-16(13)17/h3-8,10-11H,2,9H2,1H3. The summed E-state index contributed by atoms with van der Waals surface area (Å²) in [5, 5.41) is 5.33. The Balaban J connectivity index is 2.36. The first-order valence-corrected chi connectivity index (χ1v) is 6.91. The van der Waals surface area contributed by atoms with E-state index in [4.69, 9.17) is 16.3 Å². The Morgan fingerprint density at radius 1 is 0.947 bits per heavy atom. The average Bonchev–Trinajstić information content (AvgIpc) is 2.44. The predicted octanol–water partition coefficient (Wildman–Crippen LogP) is 5.44. The molecule has 96 valence electrons. The van der Waals surface area contributed by atoms with Crippen LogP contribution in [-0.4, -0.2) is 6.61 Å². The molecule has 0 bridgehead atoms. The van der Waals surface area contributed by atoms with Crippen molar-refractivity contribution in [3.63, 3.8) is 0 Å². The molecule has 2 heteroatoms. The predicted molar refractivity (Wildman–Crippen MR) is 82.3 cm³/mol. The van der Waals surface area contributed by atoms with E-state index in [1.807, 2.05) is 30.3 Å². The van der Waals surface area contributed by atoms with Crippen molar-refractivity contribution in [1.82, 2.24) is 0 Å². The number of benzene rings is 3. The lowest BCUT2D eigenvalue weighted by Gasteiger charge is -2.12. The lowest BCUT2D eigenvalue weighted by Crippen LogP contribution is -1.96. The van der Waals surface area contributed by atoms with Crippen LogP contribution < -0.4 is 4.74 Å². The van der Waals surface area contributed by atoms with Crippen LogP contribution in [0.5, 0.6) is 5.75 Å². The van der Waals surface area contributed by atoms with Gasteiger partial charge in [0.1, 0.15) is 5.75 Å². The van der Waals surface area contributed by atoms with Gasteiger partial charge in [0.2, 0.25) is 0 Å². The first-order valence-electron chi connectivity index (χ1n) is 6.53. The molecule has 3 aromatic rings. The highest BCUT2D eigenvalue weighted by atomic mass is 35.5. The SMILES string of the molecule is CCCOc1c2ccccc2cc2ccc(Cl)cc12. The van der Waals surface area contributed by atoms with Crippen molar-refractivity contribution in [2.75, 3.05) is 6.61 Å². The molecule has 0 aliphatic heterocycles. The van der Waals surface area contributed by atoms with Crippen molar-refractivity contribution in [3.05, 3.63) is 53.6 Å². The Morgan fingerprint density at radius 2 is 1.74 bits per heavy atom. The normalized spacial score (nSPS) is 11.1. The molecular weight excluding hydrogens is 256 g/mol. The van der Waals surface area contributed by atoms with Crippen molar-refractivity contribution in [1.29, 1.82) is 0 Å². The van der Waals surface area contributed by atoms with Gasteiger partial charge in [0, 0.05) is 15.8 Å². The van der Waals surface area contributed by atoms with Gasteiger partial charge in [0.15, 0.2) is 0 Å². The van der Waals surface area contributed by atoms with Gasteiger partial charge < -0.3 is 4.74 Å². The lowest BCUT2D eigenvalue weighted by molar-refractivity contribution is 0.325. The van der Waals surface area contributed by atoms with E-state index in [-0.39, 0.29) is 0 Å². The third-order valence-electron chi connectivity index (χ3n) is 3.23. The van der Waals surface area contributed by atoms with Gasteiger partial charge in [-0.15, -0.1) is 0 Å². The summed E-state index contributed by atoms with van der Waals surface area (Å²) < 4.78 is 5.98. The lowest BCUT2D eigenvalue weighted by atomic mass is 10.0. The fourth-order valence-corrected chi connectivity index (χ4v) is 2.53. The topological polar surface area (TPSA) is 9.23 Å². The fourth-order valence-electron chi connectivity index (χ4n) is 2.35. The number of ether oxygens (including phenoxy) is 1. The molecule has 0 heterocycles. The summed E-state index contributed by atoms with van der Waals surface area (Å²) in [6, 6.07) is 16.4. The Hall–Kier alpha value is -1.73. The molecule has 0 saturated heterocycles. The Bertz CT molecular complexity index is 734. The van der Waals surface area contributed by atoms with Gasteiger partial charge in [-0.2, -0.15) is 0 Å².